The van der Waals surface area contributed by atoms with Crippen LogP contribution in [-0.4, -0.2) is 27.9 Å². The van der Waals surface area contributed by atoms with Gasteiger partial charge < -0.3 is 0 Å². The summed E-state index contributed by atoms with van der Waals surface area (Å²) in [4.78, 5) is 0.831. The second kappa shape index (κ2) is 6.93. The third-order valence-corrected chi connectivity index (χ3v) is 2.95. The molecule has 0 unspecified atom stereocenters. The number of halogens is 1. The first-order valence-corrected chi connectivity index (χ1v) is 4.95. The Balaban J connectivity index is 0.000000810. The summed E-state index contributed by atoms with van der Waals surface area (Å²) in [7, 11) is 0. The van der Waals surface area contributed by atoms with Gasteiger partial charge in [0.15, 0.2) is 0 Å². The van der Waals surface area contributed by atoms with Gasteiger partial charge in [-0.25, -0.2) is 0 Å². The van der Waals surface area contributed by atoms with Crippen molar-refractivity contribution in [1.29, 1.82) is 0 Å². The second-order valence-electron chi connectivity index (χ2n) is 2.94. The Morgan fingerprint density at radius 1 is 0.800 bits per heavy atom. The third-order valence-electron chi connectivity index (χ3n) is 2.03. The van der Waals surface area contributed by atoms with Crippen molar-refractivity contribution in [3.8, 4) is 0 Å². The van der Waals surface area contributed by atoms with Crippen molar-refractivity contribution in [2.24, 2.45) is 0 Å². The smallest absolute Gasteiger partial charge is 0.0891 e. The SMILES string of the molecule is BrC1CCCCCCC1.[MgH2]. The summed E-state index contributed by atoms with van der Waals surface area (Å²) in [6.07, 6.45) is 10.1. The summed E-state index contributed by atoms with van der Waals surface area (Å²) in [6, 6.07) is 0. The Kier molecular flexibility index (Phi) is 7.79. The van der Waals surface area contributed by atoms with Crippen LogP contribution in [-0.2, 0) is 0 Å². The minimum atomic E-state index is 0. The Labute approximate surface area is 88.4 Å². The Bertz CT molecular complexity index is 67.7. The van der Waals surface area contributed by atoms with Gasteiger partial charge in [0.25, 0.3) is 0 Å². The maximum atomic E-state index is 3.67. The van der Waals surface area contributed by atoms with E-state index in [1.807, 2.05) is 0 Å². The molecule has 0 spiro atoms. The lowest BCUT2D eigenvalue weighted by Crippen LogP contribution is -2.00. The topological polar surface area (TPSA) is 0 Å². The molecular formula is C8H17BrMg. The van der Waals surface area contributed by atoms with Crippen LogP contribution in [0.2, 0.25) is 0 Å². The van der Waals surface area contributed by atoms with E-state index in [1.54, 1.807) is 0 Å². The summed E-state index contributed by atoms with van der Waals surface area (Å²) >= 11 is 3.67. The Morgan fingerprint density at radius 3 is 1.70 bits per heavy atom. The zero-order valence-electron chi connectivity index (χ0n) is 5.91. The van der Waals surface area contributed by atoms with Gasteiger partial charge in [-0.15, -0.1) is 0 Å². The molecule has 0 radical (unpaired) electrons. The van der Waals surface area contributed by atoms with Gasteiger partial charge in [-0.2, -0.15) is 0 Å². The van der Waals surface area contributed by atoms with Crippen molar-refractivity contribution in [2.75, 3.05) is 0 Å². The molecule has 0 N–H and O–H groups in total. The molecule has 0 aromatic rings. The molecule has 1 fully saturated rings. The fraction of sp³-hybridized carbons (Fsp3) is 1.00. The number of alkyl halides is 1. The fourth-order valence-electron chi connectivity index (χ4n) is 1.41. The summed E-state index contributed by atoms with van der Waals surface area (Å²) in [6.45, 7) is 0. The molecular weight excluding hydrogens is 200 g/mol. The molecule has 58 valence electrons. The molecule has 0 nitrogen and oxygen atoms in total. The van der Waals surface area contributed by atoms with Crippen LogP contribution in [0.4, 0.5) is 0 Å². The van der Waals surface area contributed by atoms with E-state index in [2.05, 4.69) is 15.9 Å². The molecule has 0 amide bonds. The summed E-state index contributed by atoms with van der Waals surface area (Å²) in [5, 5.41) is 0. The number of hydrogen-bond acceptors (Lipinski definition) is 0. The van der Waals surface area contributed by atoms with E-state index in [1.165, 1.54) is 44.9 Å². The van der Waals surface area contributed by atoms with Gasteiger partial charge >= 0.3 is 23.1 Å². The van der Waals surface area contributed by atoms with Crippen LogP contribution in [0.15, 0.2) is 0 Å². The first kappa shape index (κ1) is 11.2. The molecule has 1 saturated carbocycles. The summed E-state index contributed by atoms with van der Waals surface area (Å²) in [5.41, 5.74) is 0. The van der Waals surface area contributed by atoms with Crippen molar-refractivity contribution >= 4 is 39.0 Å². The van der Waals surface area contributed by atoms with E-state index in [-0.39, 0.29) is 23.1 Å². The van der Waals surface area contributed by atoms with Crippen molar-refractivity contribution in [1.82, 2.24) is 0 Å². The van der Waals surface area contributed by atoms with Gasteiger partial charge in [-0.05, 0) is 12.8 Å². The summed E-state index contributed by atoms with van der Waals surface area (Å²) < 4.78 is 0. The molecule has 0 aliphatic heterocycles. The molecule has 1 rings (SSSR count). The van der Waals surface area contributed by atoms with Crippen LogP contribution in [0.5, 0.6) is 0 Å². The van der Waals surface area contributed by atoms with Crippen molar-refractivity contribution in [3.63, 3.8) is 0 Å². The molecule has 0 bridgehead atoms. The van der Waals surface area contributed by atoms with E-state index >= 15 is 0 Å². The molecule has 0 aromatic heterocycles. The van der Waals surface area contributed by atoms with Crippen molar-refractivity contribution < 1.29 is 0 Å². The average Bonchev–Trinajstić information content (AvgIpc) is 1.79. The normalized spacial score (nSPS) is 22.5. The highest BCUT2D eigenvalue weighted by atomic mass is 79.9. The second-order valence-corrected chi connectivity index (χ2v) is 4.24. The molecule has 1 aliphatic carbocycles. The highest BCUT2D eigenvalue weighted by Gasteiger charge is 2.05. The maximum absolute atomic E-state index is 3.67. The lowest BCUT2D eigenvalue weighted by atomic mass is 10.0. The predicted molar refractivity (Wildman–Crippen MR) is 53.6 cm³/mol. The quantitative estimate of drug-likeness (QED) is 0.432. The highest BCUT2D eigenvalue weighted by molar-refractivity contribution is 9.09. The molecule has 0 heterocycles. The van der Waals surface area contributed by atoms with E-state index in [0.29, 0.717) is 0 Å². The van der Waals surface area contributed by atoms with Gasteiger partial charge in [0, 0.05) is 4.83 Å². The van der Waals surface area contributed by atoms with E-state index in [0.717, 1.165) is 4.83 Å². The zero-order chi connectivity index (χ0) is 6.53. The predicted octanol–water partition coefficient (Wildman–Crippen LogP) is 2.58. The summed E-state index contributed by atoms with van der Waals surface area (Å²) in [5.74, 6) is 0. The first-order chi connectivity index (χ1) is 4.39. The Hall–Kier alpha value is 1.25. The van der Waals surface area contributed by atoms with Gasteiger partial charge in [0.2, 0.25) is 0 Å². The fourth-order valence-corrected chi connectivity index (χ4v) is 2.05. The van der Waals surface area contributed by atoms with Crippen molar-refractivity contribution in [3.05, 3.63) is 0 Å². The van der Waals surface area contributed by atoms with E-state index in [9.17, 15) is 0 Å². The van der Waals surface area contributed by atoms with Crippen LogP contribution < -0.4 is 0 Å². The lowest BCUT2D eigenvalue weighted by molar-refractivity contribution is 0.517. The van der Waals surface area contributed by atoms with Crippen LogP contribution in [0.1, 0.15) is 44.9 Å². The number of rotatable bonds is 0. The van der Waals surface area contributed by atoms with Crippen LogP contribution in [0, 0.1) is 0 Å². The molecule has 10 heavy (non-hydrogen) atoms. The molecule has 0 atom stereocenters. The minimum Gasteiger partial charge on any atom is -0.0891 e. The largest absolute Gasteiger partial charge is 0.316 e. The van der Waals surface area contributed by atoms with Gasteiger partial charge in [0.1, 0.15) is 0 Å². The average molecular weight is 217 g/mol. The van der Waals surface area contributed by atoms with E-state index in [4.69, 9.17) is 0 Å². The number of hydrogen-bond donors (Lipinski definition) is 0. The monoisotopic (exact) mass is 216 g/mol. The molecule has 0 saturated heterocycles. The highest BCUT2D eigenvalue weighted by Crippen LogP contribution is 2.21. The van der Waals surface area contributed by atoms with Gasteiger partial charge in [0.05, 0.1) is 0 Å². The molecule has 0 aromatic carbocycles. The lowest BCUT2D eigenvalue weighted by Gasteiger charge is -2.12. The zero-order valence-corrected chi connectivity index (χ0v) is 7.49. The minimum absolute atomic E-state index is 0. The van der Waals surface area contributed by atoms with Crippen LogP contribution >= 0.6 is 15.9 Å². The maximum Gasteiger partial charge on any atom is 0.316 e. The Morgan fingerprint density at radius 2 is 1.20 bits per heavy atom. The van der Waals surface area contributed by atoms with Crippen molar-refractivity contribution in [2.45, 2.75) is 49.8 Å². The van der Waals surface area contributed by atoms with Gasteiger partial charge in [-0.3, -0.25) is 0 Å². The third kappa shape index (κ3) is 4.97. The van der Waals surface area contributed by atoms with Crippen LogP contribution in [0.25, 0.3) is 0 Å². The van der Waals surface area contributed by atoms with Gasteiger partial charge in [-0.1, -0.05) is 48.0 Å². The molecule has 2 heteroatoms. The van der Waals surface area contributed by atoms with E-state index < -0.39 is 0 Å². The first-order valence-electron chi connectivity index (χ1n) is 4.03. The standard InChI is InChI=1S/C8H15Br.Mg.2H/c9-8-6-4-2-1-3-5-7-8;;;/h8H,1-7H2;;;. The molecule has 1 aliphatic rings. The van der Waals surface area contributed by atoms with Crippen LogP contribution in [0.3, 0.4) is 0 Å².